The molecule has 0 heterocycles. The van der Waals surface area contributed by atoms with Gasteiger partial charge in [0.2, 0.25) is 5.91 Å². The van der Waals surface area contributed by atoms with Crippen LogP contribution in [0.3, 0.4) is 0 Å². The van der Waals surface area contributed by atoms with E-state index >= 15 is 0 Å². The zero-order valence-electron chi connectivity index (χ0n) is 9.29. The van der Waals surface area contributed by atoms with E-state index < -0.39 is 0 Å². The predicted molar refractivity (Wildman–Crippen MR) is 58.6 cm³/mol. The number of aryl methyl sites for hydroxylation is 2. The van der Waals surface area contributed by atoms with Crippen LogP contribution in [0.25, 0.3) is 0 Å². The molecule has 0 aliphatic carbocycles. The van der Waals surface area contributed by atoms with Crippen molar-refractivity contribution in [3.05, 3.63) is 35.1 Å². The van der Waals surface area contributed by atoms with Gasteiger partial charge in [-0.2, -0.15) is 0 Å². The number of benzene rings is 1. The van der Waals surface area contributed by atoms with Gasteiger partial charge < -0.3 is 0 Å². The van der Waals surface area contributed by atoms with Crippen LogP contribution >= 0.6 is 0 Å². The first-order valence-corrected chi connectivity index (χ1v) is 5.31. The lowest BCUT2D eigenvalue weighted by Crippen LogP contribution is -2.17. The van der Waals surface area contributed by atoms with Crippen molar-refractivity contribution in [2.24, 2.45) is 0 Å². The molecular weight excluding hydrogens is 209 g/mol. The van der Waals surface area contributed by atoms with E-state index in [1.54, 1.807) is 18.5 Å². The number of hydroxylamine groups is 1. The standard InChI is InChI=1S/C12H16FNO2/c1-9-8-10(6-7-11(9)13)4-2-3-5-12(15)14-16/h6-8,16H,2-5H2,1H3,(H,14,15). The Kier molecular flexibility index (Phi) is 4.92. The minimum atomic E-state index is -0.365. The van der Waals surface area contributed by atoms with E-state index in [1.165, 1.54) is 6.07 Å². The fourth-order valence-electron chi connectivity index (χ4n) is 1.53. The quantitative estimate of drug-likeness (QED) is 0.459. The van der Waals surface area contributed by atoms with Gasteiger partial charge >= 0.3 is 0 Å². The second-order valence-electron chi connectivity index (χ2n) is 3.83. The summed E-state index contributed by atoms with van der Waals surface area (Å²) < 4.78 is 13.0. The molecule has 2 N–H and O–H groups in total. The van der Waals surface area contributed by atoms with Crippen molar-refractivity contribution in [3.8, 4) is 0 Å². The number of rotatable bonds is 5. The van der Waals surface area contributed by atoms with E-state index in [0.29, 0.717) is 18.4 Å². The van der Waals surface area contributed by atoms with Gasteiger partial charge in [-0.25, -0.2) is 9.87 Å². The second kappa shape index (κ2) is 6.23. The molecule has 1 aromatic rings. The number of halogens is 1. The molecule has 0 atom stereocenters. The SMILES string of the molecule is Cc1cc(CCCCC(=O)NO)ccc1F. The summed E-state index contributed by atoms with van der Waals surface area (Å²) in [5.74, 6) is -0.557. The highest BCUT2D eigenvalue weighted by Gasteiger charge is 2.01. The molecule has 1 amide bonds. The average Bonchev–Trinajstić information content (AvgIpc) is 2.28. The van der Waals surface area contributed by atoms with E-state index in [4.69, 9.17) is 5.21 Å². The average molecular weight is 225 g/mol. The van der Waals surface area contributed by atoms with Crippen LogP contribution in [0.15, 0.2) is 18.2 Å². The van der Waals surface area contributed by atoms with Gasteiger partial charge in [-0.3, -0.25) is 10.0 Å². The number of carbonyl (C=O) groups is 1. The maximum atomic E-state index is 13.0. The lowest BCUT2D eigenvalue weighted by atomic mass is 10.0. The van der Waals surface area contributed by atoms with Gasteiger partial charge in [0.1, 0.15) is 5.82 Å². The van der Waals surface area contributed by atoms with Crippen LogP contribution in [0.5, 0.6) is 0 Å². The molecule has 0 aliphatic rings. The highest BCUT2D eigenvalue weighted by Crippen LogP contribution is 2.12. The Labute approximate surface area is 94.2 Å². The fourth-order valence-corrected chi connectivity index (χ4v) is 1.53. The van der Waals surface area contributed by atoms with Crippen LogP contribution in [-0.4, -0.2) is 11.1 Å². The third kappa shape index (κ3) is 3.98. The van der Waals surface area contributed by atoms with Crippen LogP contribution in [0.2, 0.25) is 0 Å². The van der Waals surface area contributed by atoms with Gasteiger partial charge in [-0.15, -0.1) is 0 Å². The number of carbonyl (C=O) groups excluding carboxylic acids is 1. The van der Waals surface area contributed by atoms with E-state index in [0.717, 1.165) is 18.4 Å². The molecule has 16 heavy (non-hydrogen) atoms. The summed E-state index contributed by atoms with van der Waals surface area (Å²) in [5.41, 5.74) is 3.31. The summed E-state index contributed by atoms with van der Waals surface area (Å²) in [5, 5.41) is 8.28. The number of hydrogen-bond acceptors (Lipinski definition) is 2. The van der Waals surface area contributed by atoms with E-state index in [2.05, 4.69) is 0 Å². The van der Waals surface area contributed by atoms with Crippen molar-refractivity contribution < 1.29 is 14.4 Å². The maximum Gasteiger partial charge on any atom is 0.243 e. The molecule has 0 fully saturated rings. The Morgan fingerprint density at radius 3 is 2.81 bits per heavy atom. The zero-order chi connectivity index (χ0) is 12.0. The van der Waals surface area contributed by atoms with Gasteiger partial charge in [0.25, 0.3) is 0 Å². The molecule has 88 valence electrons. The Morgan fingerprint density at radius 1 is 1.44 bits per heavy atom. The summed E-state index contributed by atoms with van der Waals surface area (Å²) in [7, 11) is 0. The summed E-state index contributed by atoms with van der Waals surface area (Å²) >= 11 is 0. The Morgan fingerprint density at radius 2 is 2.19 bits per heavy atom. The molecule has 1 rings (SSSR count). The van der Waals surface area contributed by atoms with Crippen molar-refractivity contribution in [2.75, 3.05) is 0 Å². The molecule has 0 spiro atoms. The third-order valence-corrected chi connectivity index (χ3v) is 2.47. The Balaban J connectivity index is 2.32. The lowest BCUT2D eigenvalue weighted by molar-refractivity contribution is -0.129. The van der Waals surface area contributed by atoms with E-state index in [-0.39, 0.29) is 11.7 Å². The number of unbranched alkanes of at least 4 members (excludes halogenated alkanes) is 1. The van der Waals surface area contributed by atoms with Crippen molar-refractivity contribution in [1.29, 1.82) is 0 Å². The van der Waals surface area contributed by atoms with Gasteiger partial charge in [-0.05, 0) is 43.4 Å². The topological polar surface area (TPSA) is 49.3 Å². The van der Waals surface area contributed by atoms with Crippen LogP contribution in [0, 0.1) is 12.7 Å². The molecule has 3 nitrogen and oxygen atoms in total. The molecule has 0 saturated heterocycles. The van der Waals surface area contributed by atoms with Crippen molar-refractivity contribution in [1.82, 2.24) is 5.48 Å². The minimum Gasteiger partial charge on any atom is -0.289 e. The van der Waals surface area contributed by atoms with Crippen LogP contribution in [0.1, 0.15) is 30.4 Å². The van der Waals surface area contributed by atoms with Gasteiger partial charge in [0.05, 0.1) is 0 Å². The van der Waals surface area contributed by atoms with Crippen molar-refractivity contribution >= 4 is 5.91 Å². The van der Waals surface area contributed by atoms with Gasteiger partial charge in [-0.1, -0.05) is 12.1 Å². The number of amides is 1. The smallest absolute Gasteiger partial charge is 0.243 e. The minimum absolute atomic E-state index is 0.191. The second-order valence-corrected chi connectivity index (χ2v) is 3.83. The molecule has 0 aliphatic heterocycles. The van der Waals surface area contributed by atoms with Crippen LogP contribution in [-0.2, 0) is 11.2 Å². The monoisotopic (exact) mass is 225 g/mol. The molecule has 0 aromatic heterocycles. The molecule has 0 radical (unpaired) electrons. The molecule has 1 aromatic carbocycles. The molecule has 4 heteroatoms. The summed E-state index contributed by atoms with van der Waals surface area (Å²) in [4.78, 5) is 10.7. The Bertz CT molecular complexity index is 366. The van der Waals surface area contributed by atoms with Crippen LogP contribution < -0.4 is 5.48 Å². The Hall–Kier alpha value is -1.42. The number of hydrogen-bond donors (Lipinski definition) is 2. The zero-order valence-corrected chi connectivity index (χ0v) is 9.29. The molecular formula is C12H16FNO2. The number of nitrogens with one attached hydrogen (secondary N) is 1. The summed E-state index contributed by atoms with van der Waals surface area (Å²) in [6.07, 6.45) is 2.69. The molecule has 0 unspecified atom stereocenters. The highest BCUT2D eigenvalue weighted by atomic mass is 19.1. The van der Waals surface area contributed by atoms with Crippen molar-refractivity contribution in [3.63, 3.8) is 0 Å². The van der Waals surface area contributed by atoms with E-state index in [1.807, 2.05) is 6.07 Å². The summed E-state index contributed by atoms with van der Waals surface area (Å²) in [6.45, 7) is 1.73. The molecule has 0 saturated carbocycles. The third-order valence-electron chi connectivity index (χ3n) is 2.47. The normalized spacial score (nSPS) is 10.2. The van der Waals surface area contributed by atoms with Crippen molar-refractivity contribution in [2.45, 2.75) is 32.6 Å². The largest absolute Gasteiger partial charge is 0.289 e. The first-order valence-electron chi connectivity index (χ1n) is 5.31. The van der Waals surface area contributed by atoms with Crippen LogP contribution in [0.4, 0.5) is 4.39 Å². The predicted octanol–water partition coefficient (Wildman–Crippen LogP) is 2.35. The van der Waals surface area contributed by atoms with Gasteiger partial charge in [0, 0.05) is 6.42 Å². The van der Waals surface area contributed by atoms with E-state index in [9.17, 15) is 9.18 Å². The summed E-state index contributed by atoms with van der Waals surface area (Å²) in [6, 6.07) is 5.04. The molecule has 0 bridgehead atoms. The maximum absolute atomic E-state index is 13.0. The first-order chi connectivity index (χ1) is 7.63. The first kappa shape index (κ1) is 12.6. The highest BCUT2D eigenvalue weighted by molar-refractivity contribution is 5.74. The lowest BCUT2D eigenvalue weighted by Gasteiger charge is -2.03. The fraction of sp³-hybridized carbons (Fsp3) is 0.417. The van der Waals surface area contributed by atoms with Gasteiger partial charge in [0.15, 0.2) is 0 Å².